The highest BCUT2D eigenvalue weighted by Crippen LogP contribution is 2.29. The molecule has 2 rings (SSSR count). The fraction of sp³-hybridized carbons (Fsp3) is 0.474. The van der Waals surface area contributed by atoms with E-state index in [1.165, 1.54) is 15.4 Å². The van der Waals surface area contributed by atoms with Crippen LogP contribution in [0.25, 0.3) is 0 Å². The smallest absolute Gasteiger partial charge is 0.251 e. The Bertz CT molecular complexity index is 694. The van der Waals surface area contributed by atoms with Crippen LogP contribution in [0.3, 0.4) is 0 Å². The van der Waals surface area contributed by atoms with Gasteiger partial charge in [-0.2, -0.15) is 0 Å². The molecule has 0 spiro atoms. The van der Waals surface area contributed by atoms with Crippen molar-refractivity contribution in [3.8, 4) is 0 Å². The van der Waals surface area contributed by atoms with Crippen molar-refractivity contribution in [1.29, 1.82) is 0 Å². The van der Waals surface area contributed by atoms with Crippen LogP contribution in [-0.2, 0) is 6.42 Å². The molecule has 0 aliphatic heterocycles. The van der Waals surface area contributed by atoms with Crippen molar-refractivity contribution in [2.75, 3.05) is 13.6 Å². The highest BCUT2D eigenvalue weighted by Gasteiger charge is 2.15. The van der Waals surface area contributed by atoms with Gasteiger partial charge >= 0.3 is 0 Å². The lowest BCUT2D eigenvalue weighted by Gasteiger charge is -2.13. The highest BCUT2D eigenvalue weighted by molar-refractivity contribution is 7.11. The summed E-state index contributed by atoms with van der Waals surface area (Å²) in [4.78, 5) is 17.7. The molecule has 0 radical (unpaired) electrons. The zero-order chi connectivity index (χ0) is 17.7. The zero-order valence-electron chi connectivity index (χ0n) is 15.1. The molecule has 1 aromatic heterocycles. The molecule has 0 saturated carbocycles. The van der Waals surface area contributed by atoms with Crippen molar-refractivity contribution >= 4 is 17.2 Å². The Hall–Kier alpha value is -1.72. The van der Waals surface area contributed by atoms with E-state index < -0.39 is 0 Å². The molecule has 24 heavy (non-hydrogen) atoms. The van der Waals surface area contributed by atoms with Crippen LogP contribution in [0.15, 0.2) is 24.3 Å². The van der Waals surface area contributed by atoms with E-state index in [4.69, 9.17) is 0 Å². The molecular weight excluding hydrogens is 318 g/mol. The first-order valence-electron chi connectivity index (χ1n) is 8.44. The van der Waals surface area contributed by atoms with Gasteiger partial charge in [0.05, 0.1) is 10.7 Å². The van der Waals surface area contributed by atoms with Crippen molar-refractivity contribution in [3.63, 3.8) is 0 Å². The van der Waals surface area contributed by atoms with Crippen molar-refractivity contribution in [2.24, 2.45) is 0 Å². The number of hydrogen-bond donors (Lipinski definition) is 2. The first-order valence-corrected chi connectivity index (χ1v) is 9.25. The lowest BCUT2D eigenvalue weighted by atomic mass is 10.1. The van der Waals surface area contributed by atoms with Crippen LogP contribution in [0, 0.1) is 6.92 Å². The molecule has 2 aromatic rings. The van der Waals surface area contributed by atoms with Gasteiger partial charge in [-0.25, -0.2) is 4.98 Å². The van der Waals surface area contributed by atoms with E-state index >= 15 is 0 Å². The molecule has 0 fully saturated rings. The minimum absolute atomic E-state index is 0.0420. The van der Waals surface area contributed by atoms with Gasteiger partial charge in [0.15, 0.2) is 0 Å². The third-order valence-corrected chi connectivity index (χ3v) is 5.66. The quantitative estimate of drug-likeness (QED) is 0.802. The van der Waals surface area contributed by atoms with E-state index in [0.29, 0.717) is 11.5 Å². The number of benzene rings is 1. The zero-order valence-corrected chi connectivity index (χ0v) is 16.0. The largest absolute Gasteiger partial charge is 0.355 e. The van der Waals surface area contributed by atoms with Crippen LogP contribution < -0.4 is 10.6 Å². The fourth-order valence-corrected chi connectivity index (χ4v) is 3.71. The average molecular weight is 346 g/mol. The number of aromatic nitrogens is 1. The minimum Gasteiger partial charge on any atom is -0.355 e. The Morgan fingerprint density at radius 3 is 2.67 bits per heavy atom. The van der Waals surface area contributed by atoms with Gasteiger partial charge in [0, 0.05) is 29.4 Å². The standard InChI is InChI=1S/C19H27N3OS/c1-12(2)19-22-14(4)17(24-19)13(3)21-10-9-15-7-6-8-16(11-15)18(23)20-5/h6-8,11-13,21H,9-10H2,1-5H3,(H,20,23). The molecule has 1 atom stereocenters. The Balaban J connectivity index is 1.93. The molecule has 1 amide bonds. The van der Waals surface area contributed by atoms with Gasteiger partial charge in [0.2, 0.25) is 0 Å². The maximum Gasteiger partial charge on any atom is 0.251 e. The predicted molar refractivity (Wildman–Crippen MR) is 101 cm³/mol. The summed E-state index contributed by atoms with van der Waals surface area (Å²) in [6.45, 7) is 9.50. The lowest BCUT2D eigenvalue weighted by Crippen LogP contribution is -2.21. The SMILES string of the molecule is CNC(=O)c1cccc(CCNC(C)c2sc(C(C)C)nc2C)c1. The number of hydrogen-bond acceptors (Lipinski definition) is 4. The van der Waals surface area contributed by atoms with Gasteiger partial charge in [-0.15, -0.1) is 11.3 Å². The second-order valence-corrected chi connectivity index (χ2v) is 7.42. The molecule has 0 bridgehead atoms. The molecule has 1 unspecified atom stereocenters. The summed E-state index contributed by atoms with van der Waals surface area (Å²) in [6.07, 6.45) is 0.893. The number of nitrogens with one attached hydrogen (secondary N) is 2. The summed E-state index contributed by atoms with van der Waals surface area (Å²) in [5.74, 6) is 0.432. The van der Waals surface area contributed by atoms with Crippen LogP contribution in [-0.4, -0.2) is 24.5 Å². The molecule has 1 heterocycles. The van der Waals surface area contributed by atoms with Crippen molar-refractivity contribution in [2.45, 2.75) is 46.1 Å². The molecule has 130 valence electrons. The third kappa shape index (κ3) is 4.65. The number of amides is 1. The third-order valence-electron chi connectivity index (χ3n) is 4.02. The summed E-state index contributed by atoms with van der Waals surface area (Å²) in [5.41, 5.74) is 3.01. The van der Waals surface area contributed by atoms with E-state index in [9.17, 15) is 4.79 Å². The Morgan fingerprint density at radius 1 is 1.29 bits per heavy atom. The second-order valence-electron chi connectivity index (χ2n) is 6.36. The van der Waals surface area contributed by atoms with Crippen LogP contribution in [0.2, 0.25) is 0 Å². The molecule has 1 aromatic carbocycles. The molecule has 0 aliphatic rings. The van der Waals surface area contributed by atoms with Gasteiger partial charge in [0.1, 0.15) is 0 Å². The van der Waals surface area contributed by atoms with Crippen LogP contribution >= 0.6 is 11.3 Å². The van der Waals surface area contributed by atoms with Gasteiger partial charge < -0.3 is 10.6 Å². The monoisotopic (exact) mass is 345 g/mol. The highest BCUT2D eigenvalue weighted by atomic mass is 32.1. The van der Waals surface area contributed by atoms with Gasteiger partial charge in [0.25, 0.3) is 5.91 Å². The minimum atomic E-state index is -0.0420. The first kappa shape index (κ1) is 18.6. The molecule has 4 nitrogen and oxygen atoms in total. The summed E-state index contributed by atoms with van der Waals surface area (Å²) >= 11 is 1.80. The van der Waals surface area contributed by atoms with Crippen LogP contribution in [0.5, 0.6) is 0 Å². The molecule has 0 aliphatic carbocycles. The van der Waals surface area contributed by atoms with E-state index in [1.54, 1.807) is 18.4 Å². The Kier molecular flexibility index (Phi) is 6.52. The summed E-state index contributed by atoms with van der Waals surface area (Å²) in [7, 11) is 1.65. The van der Waals surface area contributed by atoms with Crippen LogP contribution in [0.4, 0.5) is 0 Å². The molecule has 5 heteroatoms. The maximum absolute atomic E-state index is 11.7. The first-order chi connectivity index (χ1) is 11.4. The van der Waals surface area contributed by atoms with E-state index in [2.05, 4.69) is 49.4 Å². The predicted octanol–water partition coefficient (Wildman–Crippen LogP) is 3.83. The molecule has 0 saturated heterocycles. The number of nitrogens with zero attached hydrogens (tertiary/aromatic N) is 1. The average Bonchev–Trinajstić information content (AvgIpc) is 2.96. The maximum atomic E-state index is 11.7. The van der Waals surface area contributed by atoms with Crippen molar-refractivity contribution < 1.29 is 4.79 Å². The molecular formula is C19H27N3OS. The van der Waals surface area contributed by atoms with Crippen molar-refractivity contribution in [3.05, 3.63) is 51.0 Å². The molecule has 2 N–H and O–H groups in total. The van der Waals surface area contributed by atoms with E-state index in [1.807, 2.05) is 18.2 Å². The number of carbonyl (C=O) groups excluding carboxylic acids is 1. The fourth-order valence-electron chi connectivity index (χ4n) is 2.62. The number of thiazole rings is 1. The normalized spacial score (nSPS) is 12.4. The van der Waals surface area contributed by atoms with E-state index in [-0.39, 0.29) is 11.9 Å². The second kappa shape index (κ2) is 8.40. The summed E-state index contributed by atoms with van der Waals surface area (Å²) < 4.78 is 0. The van der Waals surface area contributed by atoms with Gasteiger partial charge in [-0.3, -0.25) is 4.79 Å². The Morgan fingerprint density at radius 2 is 2.04 bits per heavy atom. The van der Waals surface area contributed by atoms with Gasteiger partial charge in [-0.05, 0) is 44.5 Å². The number of rotatable bonds is 7. The Labute approximate surface area is 148 Å². The summed E-state index contributed by atoms with van der Waals surface area (Å²) in [5, 5.41) is 7.44. The lowest BCUT2D eigenvalue weighted by molar-refractivity contribution is 0.0963. The van der Waals surface area contributed by atoms with E-state index in [0.717, 1.165) is 18.7 Å². The number of carbonyl (C=O) groups is 1. The van der Waals surface area contributed by atoms with Gasteiger partial charge in [-0.1, -0.05) is 26.0 Å². The van der Waals surface area contributed by atoms with Crippen LogP contribution in [0.1, 0.15) is 64.2 Å². The van der Waals surface area contributed by atoms with Crippen molar-refractivity contribution in [1.82, 2.24) is 15.6 Å². The topological polar surface area (TPSA) is 54.0 Å². The summed E-state index contributed by atoms with van der Waals surface area (Å²) in [6, 6.07) is 8.09. The number of aryl methyl sites for hydroxylation is 1.